The summed E-state index contributed by atoms with van der Waals surface area (Å²) in [6.07, 6.45) is 9.17. The molecule has 4 nitrogen and oxygen atoms in total. The van der Waals surface area contributed by atoms with Gasteiger partial charge in [-0.25, -0.2) is 0 Å². The van der Waals surface area contributed by atoms with Crippen LogP contribution in [0.15, 0.2) is 0 Å². The lowest BCUT2D eigenvalue weighted by atomic mass is 10.0. The Morgan fingerprint density at radius 3 is 2.60 bits per heavy atom. The number of likely N-dealkylation sites (tertiary alicyclic amines) is 2. The molecule has 1 amide bonds. The van der Waals surface area contributed by atoms with Crippen LogP contribution in [0.1, 0.15) is 51.4 Å². The summed E-state index contributed by atoms with van der Waals surface area (Å²) in [5.74, 6) is 0.364. The van der Waals surface area contributed by atoms with Gasteiger partial charge in [-0.2, -0.15) is 0 Å². The van der Waals surface area contributed by atoms with Gasteiger partial charge in [0.05, 0.1) is 6.10 Å². The van der Waals surface area contributed by atoms with E-state index < -0.39 is 0 Å². The molecule has 3 rings (SSSR count). The van der Waals surface area contributed by atoms with Crippen molar-refractivity contribution >= 4 is 5.91 Å². The fraction of sp³-hybridized carbons (Fsp3) is 0.938. The fourth-order valence-electron chi connectivity index (χ4n) is 4.22. The molecule has 3 fully saturated rings. The zero-order valence-corrected chi connectivity index (χ0v) is 12.7. The molecule has 4 heteroatoms. The smallest absolute Gasteiger partial charge is 0.222 e. The molecule has 114 valence electrons. The monoisotopic (exact) mass is 280 g/mol. The standard InChI is InChI=1S/C16H28N2O2/c1-17-10-2-6-14(17)15-7-3-11-18(15)16(19)9-8-13-5-4-12-20-13/h13-15H,2-12H2,1H3. The first-order chi connectivity index (χ1) is 9.75. The highest BCUT2D eigenvalue weighted by molar-refractivity contribution is 5.77. The summed E-state index contributed by atoms with van der Waals surface area (Å²) in [5.41, 5.74) is 0. The van der Waals surface area contributed by atoms with E-state index in [1.54, 1.807) is 0 Å². The number of hydrogen-bond acceptors (Lipinski definition) is 3. The Bertz CT molecular complexity index is 341. The van der Waals surface area contributed by atoms with Crippen LogP contribution in [0, 0.1) is 0 Å². The molecule has 0 aliphatic carbocycles. The molecule has 20 heavy (non-hydrogen) atoms. The van der Waals surface area contributed by atoms with Gasteiger partial charge in [0.2, 0.25) is 5.91 Å². The average Bonchev–Trinajstić information content (AvgIpc) is 3.16. The van der Waals surface area contributed by atoms with E-state index >= 15 is 0 Å². The number of rotatable bonds is 4. The zero-order chi connectivity index (χ0) is 13.9. The van der Waals surface area contributed by atoms with Crippen LogP contribution >= 0.6 is 0 Å². The Balaban J connectivity index is 1.52. The average molecular weight is 280 g/mol. The molecule has 3 aliphatic heterocycles. The summed E-state index contributed by atoms with van der Waals surface area (Å²) in [4.78, 5) is 17.2. The molecule has 3 saturated heterocycles. The predicted molar refractivity (Wildman–Crippen MR) is 78.6 cm³/mol. The maximum absolute atomic E-state index is 12.5. The van der Waals surface area contributed by atoms with E-state index in [1.807, 2.05) is 0 Å². The van der Waals surface area contributed by atoms with E-state index in [1.165, 1.54) is 32.2 Å². The molecular formula is C16H28N2O2. The van der Waals surface area contributed by atoms with Crippen molar-refractivity contribution in [2.45, 2.75) is 69.6 Å². The van der Waals surface area contributed by atoms with Crippen molar-refractivity contribution in [3.05, 3.63) is 0 Å². The van der Waals surface area contributed by atoms with Gasteiger partial charge in [0, 0.05) is 31.7 Å². The highest BCUT2D eigenvalue weighted by atomic mass is 16.5. The van der Waals surface area contributed by atoms with Gasteiger partial charge in [-0.1, -0.05) is 0 Å². The molecule has 0 aromatic rings. The van der Waals surface area contributed by atoms with Crippen molar-refractivity contribution in [3.8, 4) is 0 Å². The number of carbonyl (C=O) groups excluding carboxylic acids is 1. The predicted octanol–water partition coefficient (Wildman–Crippen LogP) is 2.03. The van der Waals surface area contributed by atoms with Gasteiger partial charge >= 0.3 is 0 Å². The first kappa shape index (κ1) is 14.3. The topological polar surface area (TPSA) is 32.8 Å². The maximum atomic E-state index is 12.5. The summed E-state index contributed by atoms with van der Waals surface area (Å²) < 4.78 is 5.63. The van der Waals surface area contributed by atoms with Crippen LogP contribution in [-0.2, 0) is 9.53 Å². The van der Waals surface area contributed by atoms with Gasteiger partial charge in [0.25, 0.3) is 0 Å². The third-order valence-electron chi connectivity index (χ3n) is 5.34. The summed E-state index contributed by atoms with van der Waals surface area (Å²) in [6.45, 7) is 3.05. The van der Waals surface area contributed by atoms with Crippen LogP contribution in [0.5, 0.6) is 0 Å². The molecule has 3 aliphatic rings. The molecule has 0 aromatic heterocycles. The highest BCUT2D eigenvalue weighted by Gasteiger charge is 2.38. The summed E-state index contributed by atoms with van der Waals surface area (Å²) in [6, 6.07) is 1.07. The molecule has 0 bridgehead atoms. The Kier molecular flexibility index (Phi) is 4.61. The van der Waals surface area contributed by atoms with Crippen molar-refractivity contribution < 1.29 is 9.53 Å². The third-order valence-corrected chi connectivity index (χ3v) is 5.34. The van der Waals surface area contributed by atoms with Gasteiger partial charge in [-0.15, -0.1) is 0 Å². The summed E-state index contributed by atoms with van der Waals surface area (Å²) in [5, 5.41) is 0. The van der Waals surface area contributed by atoms with Gasteiger partial charge in [-0.3, -0.25) is 4.79 Å². The fourth-order valence-corrected chi connectivity index (χ4v) is 4.22. The van der Waals surface area contributed by atoms with Crippen LogP contribution in [0.2, 0.25) is 0 Å². The van der Waals surface area contributed by atoms with E-state index in [2.05, 4.69) is 16.8 Å². The van der Waals surface area contributed by atoms with Crippen LogP contribution in [0.25, 0.3) is 0 Å². The third kappa shape index (κ3) is 3.01. The molecule has 0 saturated carbocycles. The summed E-state index contributed by atoms with van der Waals surface area (Å²) in [7, 11) is 2.21. The Morgan fingerprint density at radius 2 is 1.90 bits per heavy atom. The summed E-state index contributed by atoms with van der Waals surface area (Å²) >= 11 is 0. The number of carbonyl (C=O) groups is 1. The SMILES string of the molecule is CN1CCCC1C1CCCN1C(=O)CCC1CCCO1. The number of likely N-dealkylation sites (N-methyl/N-ethyl adjacent to an activating group) is 1. The number of nitrogens with zero attached hydrogens (tertiary/aromatic N) is 2. The van der Waals surface area contributed by atoms with Gasteiger partial charge in [0.15, 0.2) is 0 Å². The van der Waals surface area contributed by atoms with E-state index in [-0.39, 0.29) is 0 Å². The molecule has 0 radical (unpaired) electrons. The molecule has 3 unspecified atom stereocenters. The maximum Gasteiger partial charge on any atom is 0.222 e. The normalized spacial score (nSPS) is 35.0. The quantitative estimate of drug-likeness (QED) is 0.790. The van der Waals surface area contributed by atoms with Crippen molar-refractivity contribution in [2.24, 2.45) is 0 Å². The van der Waals surface area contributed by atoms with E-state index in [9.17, 15) is 4.79 Å². The van der Waals surface area contributed by atoms with Gasteiger partial charge in [0.1, 0.15) is 0 Å². The van der Waals surface area contributed by atoms with E-state index in [0.717, 1.165) is 32.4 Å². The second-order valence-corrected chi connectivity index (χ2v) is 6.66. The minimum absolute atomic E-state index is 0.342. The number of hydrogen-bond donors (Lipinski definition) is 0. The number of ether oxygens (including phenoxy) is 1. The highest BCUT2D eigenvalue weighted by Crippen LogP contribution is 2.30. The van der Waals surface area contributed by atoms with Crippen molar-refractivity contribution in [2.75, 3.05) is 26.7 Å². The first-order valence-electron chi connectivity index (χ1n) is 8.37. The first-order valence-corrected chi connectivity index (χ1v) is 8.37. The molecule has 0 N–H and O–H groups in total. The van der Waals surface area contributed by atoms with Crippen LogP contribution in [0.4, 0.5) is 0 Å². The molecule has 3 atom stereocenters. The largest absolute Gasteiger partial charge is 0.378 e. The van der Waals surface area contributed by atoms with Crippen molar-refractivity contribution in [1.82, 2.24) is 9.80 Å². The Labute approximate surface area is 122 Å². The minimum Gasteiger partial charge on any atom is -0.378 e. The second kappa shape index (κ2) is 6.44. The Morgan fingerprint density at radius 1 is 1.10 bits per heavy atom. The van der Waals surface area contributed by atoms with Crippen LogP contribution in [-0.4, -0.2) is 60.6 Å². The van der Waals surface area contributed by atoms with Crippen LogP contribution < -0.4 is 0 Å². The Hall–Kier alpha value is -0.610. The van der Waals surface area contributed by atoms with Crippen LogP contribution in [0.3, 0.4) is 0 Å². The van der Waals surface area contributed by atoms with Crippen molar-refractivity contribution in [3.63, 3.8) is 0 Å². The lowest BCUT2D eigenvalue weighted by Crippen LogP contribution is -2.47. The van der Waals surface area contributed by atoms with Gasteiger partial charge in [-0.05, 0) is 58.5 Å². The van der Waals surface area contributed by atoms with Crippen molar-refractivity contribution in [1.29, 1.82) is 0 Å². The van der Waals surface area contributed by atoms with Gasteiger partial charge < -0.3 is 14.5 Å². The lowest BCUT2D eigenvalue weighted by Gasteiger charge is -2.33. The second-order valence-electron chi connectivity index (χ2n) is 6.66. The molecule has 0 spiro atoms. The van der Waals surface area contributed by atoms with E-state index in [4.69, 9.17) is 4.74 Å². The zero-order valence-electron chi connectivity index (χ0n) is 12.7. The minimum atomic E-state index is 0.342. The number of amides is 1. The van der Waals surface area contributed by atoms with E-state index in [0.29, 0.717) is 30.5 Å². The molecular weight excluding hydrogens is 252 g/mol. The lowest BCUT2D eigenvalue weighted by molar-refractivity contribution is -0.133. The molecule has 0 aromatic carbocycles. The molecule has 3 heterocycles.